The minimum Gasteiger partial charge on any atom is -0.494 e. The molecule has 0 amide bonds. The maximum absolute atomic E-state index is 14.1. The number of ketones is 1. The topological polar surface area (TPSA) is 86.0 Å². The third-order valence-corrected chi connectivity index (χ3v) is 5.11. The summed E-state index contributed by atoms with van der Waals surface area (Å²) in [6.45, 7) is 1.22. The van der Waals surface area contributed by atoms with Crippen LogP contribution >= 0.6 is 0 Å². The number of aryl methyl sites for hydroxylation is 1. The number of anilines is 1. The van der Waals surface area contributed by atoms with E-state index in [0.717, 1.165) is 19.4 Å². The normalized spacial score (nSPS) is 16.7. The summed E-state index contributed by atoms with van der Waals surface area (Å²) in [6, 6.07) is 4.63. The van der Waals surface area contributed by atoms with Crippen molar-refractivity contribution in [2.45, 2.75) is 12.8 Å². The maximum Gasteiger partial charge on any atom is 0.245 e. The number of imidazole rings is 1. The van der Waals surface area contributed by atoms with Gasteiger partial charge in [-0.25, -0.2) is 14.4 Å². The first-order valence-corrected chi connectivity index (χ1v) is 9.37. The lowest BCUT2D eigenvalue weighted by Crippen LogP contribution is -2.40. The van der Waals surface area contributed by atoms with Gasteiger partial charge in [-0.3, -0.25) is 4.79 Å². The molecule has 150 valence electrons. The van der Waals surface area contributed by atoms with Crippen molar-refractivity contribution in [2.24, 2.45) is 13.0 Å². The second-order valence-corrected chi connectivity index (χ2v) is 7.00. The number of methoxy groups -OCH3 is 1. The average Bonchev–Trinajstić information content (AvgIpc) is 3.19. The second-order valence-electron chi connectivity index (χ2n) is 7.00. The van der Waals surface area contributed by atoms with Crippen LogP contribution in [0.5, 0.6) is 5.75 Å². The first-order chi connectivity index (χ1) is 14.1. The first kappa shape index (κ1) is 19.0. The summed E-state index contributed by atoms with van der Waals surface area (Å²) in [4.78, 5) is 23.5. The van der Waals surface area contributed by atoms with E-state index in [-0.39, 0.29) is 17.5 Å². The molecule has 0 radical (unpaired) electrons. The van der Waals surface area contributed by atoms with Gasteiger partial charge in [-0.15, -0.1) is 5.10 Å². The molecule has 2 aromatic heterocycles. The number of rotatable bonds is 5. The van der Waals surface area contributed by atoms with Gasteiger partial charge < -0.3 is 14.2 Å². The maximum atomic E-state index is 14.1. The number of ether oxygens (including phenoxy) is 1. The summed E-state index contributed by atoms with van der Waals surface area (Å²) < 4.78 is 20.7. The zero-order valence-corrected chi connectivity index (χ0v) is 16.2. The van der Waals surface area contributed by atoms with Crippen molar-refractivity contribution in [3.63, 3.8) is 0 Å². The smallest absolute Gasteiger partial charge is 0.245 e. The Morgan fingerprint density at radius 3 is 2.93 bits per heavy atom. The van der Waals surface area contributed by atoms with Crippen molar-refractivity contribution in [3.05, 3.63) is 48.4 Å². The predicted molar refractivity (Wildman–Crippen MR) is 104 cm³/mol. The van der Waals surface area contributed by atoms with Crippen LogP contribution in [0.4, 0.5) is 10.3 Å². The van der Waals surface area contributed by atoms with Crippen LogP contribution in [0.15, 0.2) is 36.8 Å². The third kappa shape index (κ3) is 3.80. The highest BCUT2D eigenvalue weighted by Crippen LogP contribution is 2.27. The number of aromatic nitrogens is 5. The fourth-order valence-corrected chi connectivity index (χ4v) is 3.55. The van der Waals surface area contributed by atoms with E-state index in [1.54, 1.807) is 29.1 Å². The third-order valence-electron chi connectivity index (χ3n) is 5.11. The van der Waals surface area contributed by atoms with Crippen molar-refractivity contribution < 1.29 is 13.9 Å². The molecular formula is C20H21FN6O2. The van der Waals surface area contributed by atoms with Crippen LogP contribution in [-0.2, 0) is 7.05 Å². The molecular weight excluding hydrogens is 375 g/mol. The highest BCUT2D eigenvalue weighted by atomic mass is 19.1. The van der Waals surface area contributed by atoms with Crippen molar-refractivity contribution in [1.82, 2.24) is 24.7 Å². The van der Waals surface area contributed by atoms with Gasteiger partial charge in [0.25, 0.3) is 0 Å². The molecule has 0 saturated carbocycles. The van der Waals surface area contributed by atoms with Gasteiger partial charge in [-0.1, -0.05) is 0 Å². The summed E-state index contributed by atoms with van der Waals surface area (Å²) >= 11 is 0. The molecule has 0 N–H and O–H groups in total. The first-order valence-electron chi connectivity index (χ1n) is 9.37. The summed E-state index contributed by atoms with van der Waals surface area (Å²) in [7, 11) is 3.23. The van der Waals surface area contributed by atoms with Crippen molar-refractivity contribution in [1.29, 1.82) is 0 Å². The molecule has 8 nitrogen and oxygen atoms in total. The van der Waals surface area contributed by atoms with Gasteiger partial charge >= 0.3 is 0 Å². The lowest BCUT2D eigenvalue weighted by atomic mass is 9.93. The van der Waals surface area contributed by atoms with Crippen LogP contribution in [0.2, 0.25) is 0 Å². The highest BCUT2D eigenvalue weighted by Gasteiger charge is 2.30. The van der Waals surface area contributed by atoms with Crippen molar-refractivity contribution >= 4 is 11.7 Å². The Balaban J connectivity index is 1.55. The summed E-state index contributed by atoms with van der Waals surface area (Å²) in [5.74, 6) is 0.417. The molecule has 3 heterocycles. The number of hydrogen-bond donors (Lipinski definition) is 0. The molecule has 1 fully saturated rings. The van der Waals surface area contributed by atoms with Gasteiger partial charge in [0.15, 0.2) is 17.4 Å². The molecule has 0 aliphatic carbocycles. The van der Waals surface area contributed by atoms with E-state index in [4.69, 9.17) is 4.74 Å². The molecule has 29 heavy (non-hydrogen) atoms. The fourth-order valence-electron chi connectivity index (χ4n) is 3.55. The molecule has 1 unspecified atom stereocenters. The quantitative estimate of drug-likeness (QED) is 0.613. The SMILES string of the molecule is COc1ccc(-c2cnnc(N3CCCC(C(=O)c4nccn4C)C3)n2)cc1F. The van der Waals surface area contributed by atoms with E-state index >= 15 is 0 Å². The number of carbonyl (C=O) groups is 1. The Morgan fingerprint density at radius 2 is 2.21 bits per heavy atom. The van der Waals surface area contributed by atoms with E-state index in [2.05, 4.69) is 20.2 Å². The zero-order chi connectivity index (χ0) is 20.4. The summed E-state index contributed by atoms with van der Waals surface area (Å²) in [5.41, 5.74) is 1.09. The van der Waals surface area contributed by atoms with E-state index in [9.17, 15) is 9.18 Å². The van der Waals surface area contributed by atoms with E-state index in [1.807, 2.05) is 11.9 Å². The molecule has 1 aliphatic heterocycles. The Bertz CT molecular complexity index is 1040. The van der Waals surface area contributed by atoms with E-state index in [0.29, 0.717) is 29.6 Å². The van der Waals surface area contributed by atoms with Crippen LogP contribution in [0.1, 0.15) is 23.5 Å². The molecule has 1 saturated heterocycles. The number of piperidine rings is 1. The second kappa shape index (κ2) is 7.94. The highest BCUT2D eigenvalue weighted by molar-refractivity contribution is 5.95. The lowest BCUT2D eigenvalue weighted by molar-refractivity contribution is 0.0893. The van der Waals surface area contributed by atoms with Crippen LogP contribution in [0, 0.1) is 11.7 Å². The minimum atomic E-state index is -0.469. The van der Waals surface area contributed by atoms with Crippen molar-refractivity contribution in [2.75, 3.05) is 25.1 Å². The van der Waals surface area contributed by atoms with Gasteiger partial charge in [0.05, 0.1) is 19.0 Å². The number of hydrogen-bond acceptors (Lipinski definition) is 7. The number of halogens is 1. The lowest BCUT2D eigenvalue weighted by Gasteiger charge is -2.31. The molecule has 0 spiro atoms. The van der Waals surface area contributed by atoms with Crippen LogP contribution < -0.4 is 9.64 Å². The summed E-state index contributed by atoms with van der Waals surface area (Å²) in [6.07, 6.45) is 6.51. The van der Waals surface area contributed by atoms with Gasteiger partial charge in [-0.05, 0) is 31.0 Å². The minimum absolute atomic E-state index is 0.0172. The standard InChI is InChI=1S/C20H21FN6O2/c1-26-9-7-22-19(26)18(28)14-4-3-8-27(12-14)20-24-16(11-23-25-20)13-5-6-17(29-2)15(21)10-13/h5-7,9-11,14H,3-4,8,12H2,1-2H3. The fraction of sp³-hybridized carbons (Fsp3) is 0.350. The zero-order valence-electron chi connectivity index (χ0n) is 16.2. The van der Waals surface area contributed by atoms with Crippen LogP contribution in [0.25, 0.3) is 11.3 Å². The molecule has 4 rings (SSSR count). The Hall–Kier alpha value is -3.36. The Morgan fingerprint density at radius 1 is 1.34 bits per heavy atom. The Labute approximate surface area is 167 Å². The van der Waals surface area contributed by atoms with E-state index in [1.165, 1.54) is 19.4 Å². The van der Waals surface area contributed by atoms with Gasteiger partial charge in [0.1, 0.15) is 0 Å². The van der Waals surface area contributed by atoms with Gasteiger partial charge in [-0.2, -0.15) is 5.10 Å². The number of nitrogens with zero attached hydrogens (tertiary/aromatic N) is 6. The number of carbonyl (C=O) groups excluding carboxylic acids is 1. The van der Waals surface area contributed by atoms with Gasteiger partial charge in [0, 0.05) is 44.0 Å². The largest absolute Gasteiger partial charge is 0.494 e. The van der Waals surface area contributed by atoms with Crippen LogP contribution in [0.3, 0.4) is 0 Å². The average molecular weight is 396 g/mol. The predicted octanol–water partition coefficient (Wildman–Crippen LogP) is 2.52. The van der Waals surface area contributed by atoms with Gasteiger partial charge in [0.2, 0.25) is 11.7 Å². The molecule has 0 bridgehead atoms. The Kier molecular flexibility index (Phi) is 5.20. The summed E-state index contributed by atoms with van der Waals surface area (Å²) in [5, 5.41) is 8.17. The molecule has 1 aliphatic rings. The monoisotopic (exact) mass is 396 g/mol. The van der Waals surface area contributed by atoms with Crippen molar-refractivity contribution in [3.8, 4) is 17.0 Å². The number of benzene rings is 1. The van der Waals surface area contributed by atoms with Crippen LogP contribution in [-0.4, -0.2) is 50.7 Å². The number of Topliss-reactive ketones (excluding diaryl/α,β-unsaturated/α-hetero) is 1. The molecule has 1 aromatic carbocycles. The molecule has 3 aromatic rings. The molecule has 1 atom stereocenters. The van der Waals surface area contributed by atoms with E-state index < -0.39 is 5.82 Å². The molecule has 9 heteroatoms.